The number of hydrogen-bond donors (Lipinski definition) is 2. The summed E-state index contributed by atoms with van der Waals surface area (Å²) >= 11 is 5.60. The van der Waals surface area contributed by atoms with Gasteiger partial charge in [0.15, 0.2) is 0 Å². The van der Waals surface area contributed by atoms with Gasteiger partial charge >= 0.3 is 0 Å². The average molecular weight is 218 g/mol. The van der Waals surface area contributed by atoms with Crippen molar-refractivity contribution in [3.63, 3.8) is 0 Å². The first-order chi connectivity index (χ1) is 6.44. The second-order valence-electron chi connectivity index (χ2n) is 3.63. The molecule has 0 spiro atoms. The summed E-state index contributed by atoms with van der Waals surface area (Å²) in [5, 5.41) is 9.74. The van der Waals surface area contributed by atoms with Crippen molar-refractivity contribution < 1.29 is 9.50 Å². The standard InChI is InChI=1S/C10H13ClFNO/c1-10(14,6-13)5-7-2-3-9(12)8(11)4-7/h2-4,14H,5-6,13H2,1H3. The lowest BCUT2D eigenvalue weighted by Crippen LogP contribution is -2.36. The van der Waals surface area contributed by atoms with Crippen LogP contribution in [0.4, 0.5) is 4.39 Å². The molecule has 0 fully saturated rings. The van der Waals surface area contributed by atoms with Gasteiger partial charge in [0.25, 0.3) is 0 Å². The van der Waals surface area contributed by atoms with E-state index in [1.165, 1.54) is 12.1 Å². The Bertz CT molecular complexity index is 328. The molecule has 0 saturated carbocycles. The Morgan fingerprint density at radius 1 is 1.57 bits per heavy atom. The van der Waals surface area contributed by atoms with Gasteiger partial charge in [-0.3, -0.25) is 0 Å². The van der Waals surface area contributed by atoms with Gasteiger partial charge < -0.3 is 10.8 Å². The smallest absolute Gasteiger partial charge is 0.141 e. The van der Waals surface area contributed by atoms with E-state index in [1.54, 1.807) is 13.0 Å². The van der Waals surface area contributed by atoms with E-state index in [1.807, 2.05) is 0 Å². The molecule has 0 radical (unpaired) electrons. The zero-order valence-corrected chi connectivity index (χ0v) is 8.68. The summed E-state index contributed by atoms with van der Waals surface area (Å²) in [6.07, 6.45) is 0.365. The molecule has 0 aliphatic carbocycles. The van der Waals surface area contributed by atoms with Crippen LogP contribution in [-0.4, -0.2) is 17.3 Å². The summed E-state index contributed by atoms with van der Waals surface area (Å²) in [4.78, 5) is 0. The third kappa shape index (κ3) is 2.94. The second-order valence-corrected chi connectivity index (χ2v) is 4.03. The van der Waals surface area contributed by atoms with E-state index in [-0.39, 0.29) is 11.6 Å². The quantitative estimate of drug-likeness (QED) is 0.810. The Balaban J connectivity index is 2.83. The molecule has 4 heteroatoms. The van der Waals surface area contributed by atoms with Crippen molar-refractivity contribution in [3.8, 4) is 0 Å². The van der Waals surface area contributed by atoms with Gasteiger partial charge in [0.1, 0.15) is 5.82 Å². The van der Waals surface area contributed by atoms with Crippen LogP contribution in [0.25, 0.3) is 0 Å². The van der Waals surface area contributed by atoms with Crippen LogP contribution in [0, 0.1) is 5.82 Å². The summed E-state index contributed by atoms with van der Waals surface area (Å²) in [5.41, 5.74) is 5.16. The molecule has 1 aromatic carbocycles. The number of benzene rings is 1. The Labute approximate surface area is 87.5 Å². The van der Waals surface area contributed by atoms with Crippen molar-refractivity contribution >= 4 is 11.6 Å². The molecule has 1 aromatic rings. The highest BCUT2D eigenvalue weighted by molar-refractivity contribution is 6.30. The zero-order valence-electron chi connectivity index (χ0n) is 7.93. The molecule has 1 rings (SSSR count). The van der Waals surface area contributed by atoms with Gasteiger partial charge in [-0.05, 0) is 24.6 Å². The molecule has 0 aliphatic rings. The van der Waals surface area contributed by atoms with Crippen molar-refractivity contribution in [2.75, 3.05) is 6.54 Å². The maximum absolute atomic E-state index is 12.8. The first-order valence-electron chi connectivity index (χ1n) is 4.31. The lowest BCUT2D eigenvalue weighted by molar-refractivity contribution is 0.0696. The van der Waals surface area contributed by atoms with E-state index in [2.05, 4.69) is 0 Å². The molecule has 78 valence electrons. The predicted octanol–water partition coefficient (Wildman–Crippen LogP) is 1.73. The summed E-state index contributed by atoms with van der Waals surface area (Å²) in [6, 6.07) is 4.37. The second kappa shape index (κ2) is 4.26. The van der Waals surface area contributed by atoms with Crippen molar-refractivity contribution in [1.82, 2.24) is 0 Å². The molecule has 1 atom stereocenters. The minimum atomic E-state index is -0.971. The number of hydrogen-bond acceptors (Lipinski definition) is 2. The van der Waals surface area contributed by atoms with Gasteiger partial charge in [0, 0.05) is 13.0 Å². The average Bonchev–Trinajstić information content (AvgIpc) is 2.11. The minimum absolute atomic E-state index is 0.0651. The normalized spacial score (nSPS) is 15.2. The lowest BCUT2D eigenvalue weighted by atomic mass is 9.97. The van der Waals surface area contributed by atoms with Crippen LogP contribution in [0.2, 0.25) is 5.02 Å². The summed E-state index contributed by atoms with van der Waals surface area (Å²) in [5.74, 6) is -0.456. The zero-order chi connectivity index (χ0) is 10.8. The van der Waals surface area contributed by atoms with E-state index < -0.39 is 11.4 Å². The molecule has 0 saturated heterocycles. The van der Waals surface area contributed by atoms with E-state index in [9.17, 15) is 9.50 Å². The Hall–Kier alpha value is -0.640. The van der Waals surface area contributed by atoms with Gasteiger partial charge in [-0.2, -0.15) is 0 Å². The highest BCUT2D eigenvalue weighted by Crippen LogP contribution is 2.19. The minimum Gasteiger partial charge on any atom is -0.389 e. The molecule has 0 bridgehead atoms. The highest BCUT2D eigenvalue weighted by Gasteiger charge is 2.18. The van der Waals surface area contributed by atoms with Crippen LogP contribution in [0.15, 0.2) is 18.2 Å². The topological polar surface area (TPSA) is 46.2 Å². The van der Waals surface area contributed by atoms with E-state index in [0.29, 0.717) is 6.42 Å². The molecule has 14 heavy (non-hydrogen) atoms. The molecule has 0 amide bonds. The van der Waals surface area contributed by atoms with Gasteiger partial charge in [-0.25, -0.2) is 4.39 Å². The molecular weight excluding hydrogens is 205 g/mol. The number of rotatable bonds is 3. The third-order valence-corrected chi connectivity index (χ3v) is 2.30. The Kier molecular flexibility index (Phi) is 3.48. The Morgan fingerprint density at radius 2 is 2.21 bits per heavy atom. The van der Waals surface area contributed by atoms with Crippen LogP contribution in [0.5, 0.6) is 0 Å². The van der Waals surface area contributed by atoms with E-state index in [4.69, 9.17) is 17.3 Å². The fourth-order valence-corrected chi connectivity index (χ4v) is 1.36. The molecule has 0 aliphatic heterocycles. The summed E-state index contributed by atoms with van der Waals surface area (Å²) < 4.78 is 12.8. The number of halogens is 2. The third-order valence-electron chi connectivity index (χ3n) is 2.01. The van der Waals surface area contributed by atoms with Crippen LogP contribution in [-0.2, 0) is 6.42 Å². The fourth-order valence-electron chi connectivity index (χ4n) is 1.16. The maximum atomic E-state index is 12.8. The van der Waals surface area contributed by atoms with Crippen molar-refractivity contribution in [3.05, 3.63) is 34.6 Å². The number of aliphatic hydroxyl groups is 1. The highest BCUT2D eigenvalue weighted by atomic mass is 35.5. The molecule has 3 N–H and O–H groups in total. The fraction of sp³-hybridized carbons (Fsp3) is 0.400. The molecule has 2 nitrogen and oxygen atoms in total. The van der Waals surface area contributed by atoms with Gasteiger partial charge in [0.2, 0.25) is 0 Å². The monoisotopic (exact) mass is 217 g/mol. The van der Waals surface area contributed by atoms with Crippen molar-refractivity contribution in [1.29, 1.82) is 0 Å². The van der Waals surface area contributed by atoms with Crippen LogP contribution in [0.3, 0.4) is 0 Å². The molecule has 1 unspecified atom stereocenters. The SMILES string of the molecule is CC(O)(CN)Cc1ccc(F)c(Cl)c1. The van der Waals surface area contributed by atoms with Crippen LogP contribution < -0.4 is 5.73 Å². The molecule has 0 aromatic heterocycles. The van der Waals surface area contributed by atoms with Crippen LogP contribution in [0.1, 0.15) is 12.5 Å². The van der Waals surface area contributed by atoms with E-state index >= 15 is 0 Å². The molecule has 0 heterocycles. The van der Waals surface area contributed by atoms with Crippen molar-refractivity contribution in [2.24, 2.45) is 5.73 Å². The van der Waals surface area contributed by atoms with E-state index in [0.717, 1.165) is 5.56 Å². The largest absolute Gasteiger partial charge is 0.389 e. The molecular formula is C10H13ClFNO. The van der Waals surface area contributed by atoms with Crippen molar-refractivity contribution in [2.45, 2.75) is 18.9 Å². The summed E-state index contributed by atoms with van der Waals surface area (Å²) in [7, 11) is 0. The summed E-state index contributed by atoms with van der Waals surface area (Å²) in [6.45, 7) is 1.78. The first-order valence-corrected chi connectivity index (χ1v) is 4.69. The van der Waals surface area contributed by atoms with Crippen LogP contribution >= 0.6 is 11.6 Å². The van der Waals surface area contributed by atoms with Gasteiger partial charge in [-0.1, -0.05) is 17.7 Å². The number of nitrogens with two attached hydrogens (primary N) is 1. The van der Waals surface area contributed by atoms with Gasteiger partial charge in [0.05, 0.1) is 10.6 Å². The maximum Gasteiger partial charge on any atom is 0.141 e. The first kappa shape index (κ1) is 11.4. The Morgan fingerprint density at radius 3 is 2.71 bits per heavy atom. The van der Waals surface area contributed by atoms with Gasteiger partial charge in [-0.15, -0.1) is 0 Å². The lowest BCUT2D eigenvalue weighted by Gasteiger charge is -2.20. The predicted molar refractivity (Wildman–Crippen MR) is 54.8 cm³/mol.